The first-order valence-corrected chi connectivity index (χ1v) is 9.67. The number of esters is 1. The highest BCUT2D eigenvalue weighted by molar-refractivity contribution is 5.87. The van der Waals surface area contributed by atoms with Gasteiger partial charge in [-0.2, -0.15) is 0 Å². The van der Waals surface area contributed by atoms with Gasteiger partial charge in [0.05, 0.1) is 12.3 Å². The third kappa shape index (κ3) is 3.19. The van der Waals surface area contributed by atoms with Gasteiger partial charge < -0.3 is 14.8 Å². The van der Waals surface area contributed by atoms with Gasteiger partial charge in [-0.05, 0) is 56.7 Å². The van der Waals surface area contributed by atoms with Crippen LogP contribution in [0.2, 0.25) is 0 Å². The van der Waals surface area contributed by atoms with Crippen LogP contribution in [0.4, 0.5) is 0 Å². The Kier molecular flexibility index (Phi) is 4.20. The molecule has 5 heteroatoms. The normalized spacial score (nSPS) is 25.5. The van der Waals surface area contributed by atoms with E-state index >= 15 is 0 Å². The second-order valence-electron chi connectivity index (χ2n) is 8.55. The lowest BCUT2D eigenvalue weighted by molar-refractivity contribution is -0.153. The fourth-order valence-corrected chi connectivity index (χ4v) is 4.71. The predicted octanol–water partition coefficient (Wildman–Crippen LogP) is 3.28. The van der Waals surface area contributed by atoms with Crippen LogP contribution in [-0.4, -0.2) is 23.1 Å². The van der Waals surface area contributed by atoms with Crippen molar-refractivity contribution in [3.8, 4) is 5.75 Å². The number of benzene rings is 1. The van der Waals surface area contributed by atoms with Gasteiger partial charge in [-0.25, -0.2) is 0 Å². The molecule has 1 N–H and O–H groups in total. The van der Waals surface area contributed by atoms with Crippen molar-refractivity contribution in [3.05, 3.63) is 29.3 Å². The molecule has 2 heterocycles. The van der Waals surface area contributed by atoms with Gasteiger partial charge in [0.2, 0.25) is 5.91 Å². The average molecular weight is 357 g/mol. The molecule has 0 bridgehead atoms. The van der Waals surface area contributed by atoms with Crippen LogP contribution in [0.1, 0.15) is 63.5 Å². The van der Waals surface area contributed by atoms with Crippen LogP contribution in [-0.2, 0) is 27.3 Å². The topological polar surface area (TPSA) is 64.6 Å². The molecule has 4 rings (SSSR count). The number of hydrogen-bond acceptors (Lipinski definition) is 4. The second kappa shape index (κ2) is 6.29. The highest BCUT2D eigenvalue weighted by atomic mass is 16.6. The Morgan fingerprint density at radius 1 is 1.19 bits per heavy atom. The maximum atomic E-state index is 12.8. The largest absolute Gasteiger partial charge is 0.487 e. The van der Waals surface area contributed by atoms with E-state index in [4.69, 9.17) is 9.47 Å². The third-order valence-electron chi connectivity index (χ3n) is 5.93. The standard InChI is InChI=1S/C21H27NO4/c1-20(2)12-15-10-14(6-7-17(15)25-20)13-22-19(24)16-11-18(23)26-21(16)8-4-3-5-9-21/h6-7,10,16H,3-5,8-9,11-13H2,1-2H3,(H,22,24)/t16-/m0/s1. The van der Waals surface area contributed by atoms with Crippen LogP contribution in [0.3, 0.4) is 0 Å². The molecule has 0 radical (unpaired) electrons. The van der Waals surface area contributed by atoms with Crippen molar-refractivity contribution in [2.75, 3.05) is 0 Å². The number of ether oxygens (including phenoxy) is 2. The number of fused-ring (bicyclic) bond motifs is 1. The minimum absolute atomic E-state index is 0.0603. The summed E-state index contributed by atoms with van der Waals surface area (Å²) in [5.74, 6) is 0.284. The summed E-state index contributed by atoms with van der Waals surface area (Å²) in [6.45, 7) is 4.62. The first-order chi connectivity index (χ1) is 12.4. The van der Waals surface area contributed by atoms with E-state index < -0.39 is 5.60 Å². The van der Waals surface area contributed by atoms with Crippen molar-refractivity contribution in [2.45, 2.75) is 76.5 Å². The van der Waals surface area contributed by atoms with E-state index in [0.717, 1.165) is 49.8 Å². The van der Waals surface area contributed by atoms with Gasteiger partial charge in [-0.3, -0.25) is 9.59 Å². The number of hydrogen-bond donors (Lipinski definition) is 1. The lowest BCUT2D eigenvalue weighted by atomic mass is 9.75. The van der Waals surface area contributed by atoms with Crippen molar-refractivity contribution >= 4 is 11.9 Å². The van der Waals surface area contributed by atoms with Gasteiger partial charge in [0, 0.05) is 13.0 Å². The third-order valence-corrected chi connectivity index (χ3v) is 5.93. The molecule has 0 aromatic heterocycles. The summed E-state index contributed by atoms with van der Waals surface area (Å²) in [6.07, 6.45) is 5.90. The molecule has 1 aliphatic carbocycles. The molecular formula is C21H27NO4. The molecule has 1 spiro atoms. The van der Waals surface area contributed by atoms with E-state index in [2.05, 4.69) is 25.2 Å². The summed E-state index contributed by atoms with van der Waals surface area (Å²) < 4.78 is 11.5. The highest BCUT2D eigenvalue weighted by Crippen LogP contribution is 2.44. The van der Waals surface area contributed by atoms with Gasteiger partial charge in [0.25, 0.3) is 0 Å². The van der Waals surface area contributed by atoms with Gasteiger partial charge >= 0.3 is 5.97 Å². The van der Waals surface area contributed by atoms with Crippen molar-refractivity contribution in [3.63, 3.8) is 0 Å². The van der Waals surface area contributed by atoms with E-state index in [9.17, 15) is 9.59 Å². The molecule has 1 atom stereocenters. The van der Waals surface area contributed by atoms with E-state index in [-0.39, 0.29) is 29.8 Å². The number of rotatable bonds is 3. The number of carbonyl (C=O) groups is 2. The van der Waals surface area contributed by atoms with Crippen molar-refractivity contribution in [2.24, 2.45) is 5.92 Å². The Bertz CT molecular complexity index is 734. The Balaban J connectivity index is 1.42. The zero-order chi connectivity index (χ0) is 18.4. The molecule has 140 valence electrons. The summed E-state index contributed by atoms with van der Waals surface area (Å²) in [6, 6.07) is 6.08. The van der Waals surface area contributed by atoms with Gasteiger partial charge in [0.15, 0.2) is 0 Å². The van der Waals surface area contributed by atoms with Gasteiger partial charge in [-0.1, -0.05) is 18.6 Å². The summed E-state index contributed by atoms with van der Waals surface area (Å²) in [7, 11) is 0. The molecule has 2 fully saturated rings. The fraction of sp³-hybridized carbons (Fsp3) is 0.619. The van der Waals surface area contributed by atoms with Crippen molar-refractivity contribution < 1.29 is 19.1 Å². The molecule has 3 aliphatic rings. The molecule has 1 aromatic carbocycles. The smallest absolute Gasteiger partial charge is 0.307 e. The van der Waals surface area contributed by atoms with E-state index in [0.29, 0.717) is 6.54 Å². The molecular weight excluding hydrogens is 330 g/mol. The molecule has 1 aromatic rings. The maximum absolute atomic E-state index is 12.8. The van der Waals surface area contributed by atoms with Crippen LogP contribution in [0.15, 0.2) is 18.2 Å². The van der Waals surface area contributed by atoms with E-state index in [1.54, 1.807) is 0 Å². The van der Waals surface area contributed by atoms with E-state index in [1.807, 2.05) is 12.1 Å². The SMILES string of the molecule is CC1(C)Cc2cc(CNC(=O)[C@@H]3CC(=O)OC34CCCCC4)ccc2O1. The summed E-state index contributed by atoms with van der Waals surface area (Å²) in [5, 5.41) is 3.03. The molecule has 1 amide bonds. The van der Waals surface area contributed by atoms with Crippen LogP contribution in [0.25, 0.3) is 0 Å². The summed E-state index contributed by atoms with van der Waals surface area (Å²) >= 11 is 0. The Hall–Kier alpha value is -2.04. The van der Waals surface area contributed by atoms with Crippen LogP contribution < -0.4 is 10.1 Å². The second-order valence-corrected chi connectivity index (χ2v) is 8.55. The fourth-order valence-electron chi connectivity index (χ4n) is 4.71. The van der Waals surface area contributed by atoms with Crippen molar-refractivity contribution in [1.29, 1.82) is 0 Å². The predicted molar refractivity (Wildman–Crippen MR) is 96.7 cm³/mol. The minimum Gasteiger partial charge on any atom is -0.487 e. The molecule has 26 heavy (non-hydrogen) atoms. The average Bonchev–Trinajstić information content (AvgIpc) is 3.07. The molecule has 0 unspecified atom stereocenters. The molecule has 1 saturated carbocycles. The van der Waals surface area contributed by atoms with E-state index in [1.165, 1.54) is 5.56 Å². The number of nitrogens with one attached hydrogen (secondary N) is 1. The van der Waals surface area contributed by atoms with Crippen LogP contribution in [0, 0.1) is 5.92 Å². The summed E-state index contributed by atoms with van der Waals surface area (Å²) in [5.41, 5.74) is 1.51. The van der Waals surface area contributed by atoms with Gasteiger partial charge in [0.1, 0.15) is 17.0 Å². The lowest BCUT2D eigenvalue weighted by Crippen LogP contribution is -2.45. The Labute approximate surface area is 154 Å². The lowest BCUT2D eigenvalue weighted by Gasteiger charge is -2.36. The number of carbonyl (C=O) groups excluding carboxylic acids is 2. The number of amides is 1. The molecule has 1 saturated heterocycles. The first kappa shape index (κ1) is 17.4. The minimum atomic E-state index is -0.560. The Morgan fingerprint density at radius 3 is 2.73 bits per heavy atom. The quantitative estimate of drug-likeness (QED) is 0.843. The summed E-state index contributed by atoms with van der Waals surface area (Å²) in [4.78, 5) is 24.7. The monoisotopic (exact) mass is 357 g/mol. The molecule has 5 nitrogen and oxygen atoms in total. The Morgan fingerprint density at radius 2 is 1.96 bits per heavy atom. The zero-order valence-corrected chi connectivity index (χ0v) is 15.6. The molecule has 2 aliphatic heterocycles. The first-order valence-electron chi connectivity index (χ1n) is 9.67. The zero-order valence-electron chi connectivity index (χ0n) is 15.6. The van der Waals surface area contributed by atoms with Crippen molar-refractivity contribution in [1.82, 2.24) is 5.32 Å². The van der Waals surface area contributed by atoms with Crippen LogP contribution in [0.5, 0.6) is 5.75 Å². The maximum Gasteiger partial charge on any atom is 0.307 e. The van der Waals surface area contributed by atoms with Gasteiger partial charge in [-0.15, -0.1) is 0 Å². The van der Waals surface area contributed by atoms with Crippen LogP contribution >= 0.6 is 0 Å². The highest BCUT2D eigenvalue weighted by Gasteiger charge is 2.52.